The molecular weight excluding hydrogens is 318 g/mol. The van der Waals surface area contributed by atoms with Crippen molar-refractivity contribution in [2.45, 2.75) is 32.4 Å². The van der Waals surface area contributed by atoms with Crippen molar-refractivity contribution in [1.29, 1.82) is 0 Å². The quantitative estimate of drug-likeness (QED) is 0.635. The number of hydrogen-bond acceptors (Lipinski definition) is 4. The van der Waals surface area contributed by atoms with Gasteiger partial charge < -0.3 is 9.64 Å². The number of fused-ring (bicyclic) bond motifs is 1. The van der Waals surface area contributed by atoms with E-state index in [1.165, 1.54) is 24.3 Å². The zero-order chi connectivity index (χ0) is 18.0. The highest BCUT2D eigenvalue weighted by Crippen LogP contribution is 2.32. The third kappa shape index (κ3) is 3.31. The minimum absolute atomic E-state index is 0.0259. The number of carbonyl (C=O) groups excluding carboxylic acids is 3. The van der Waals surface area contributed by atoms with E-state index in [0.29, 0.717) is 17.4 Å². The topological polar surface area (TPSA) is 63.7 Å². The van der Waals surface area contributed by atoms with Gasteiger partial charge in [0.05, 0.1) is 5.56 Å². The molecule has 0 radical (unpaired) electrons. The predicted molar refractivity (Wildman–Crippen MR) is 93.8 cm³/mol. The minimum Gasteiger partial charge on any atom is -0.449 e. The third-order valence-corrected chi connectivity index (χ3v) is 4.36. The van der Waals surface area contributed by atoms with Gasteiger partial charge in [0.2, 0.25) is 0 Å². The van der Waals surface area contributed by atoms with Gasteiger partial charge in [-0.05, 0) is 44.0 Å². The molecule has 0 spiro atoms. The van der Waals surface area contributed by atoms with Gasteiger partial charge in [0, 0.05) is 17.3 Å². The molecule has 2 aromatic rings. The van der Waals surface area contributed by atoms with E-state index in [1.807, 2.05) is 31.2 Å². The van der Waals surface area contributed by atoms with E-state index in [0.717, 1.165) is 17.7 Å². The highest BCUT2D eigenvalue weighted by molar-refractivity contribution is 6.01. The first kappa shape index (κ1) is 16.9. The summed E-state index contributed by atoms with van der Waals surface area (Å²) >= 11 is 0. The summed E-state index contributed by atoms with van der Waals surface area (Å²) in [7, 11) is 0. The molecule has 25 heavy (non-hydrogen) atoms. The van der Waals surface area contributed by atoms with Gasteiger partial charge in [0.15, 0.2) is 6.10 Å². The summed E-state index contributed by atoms with van der Waals surface area (Å²) in [6.45, 7) is 3.55. The fourth-order valence-corrected chi connectivity index (χ4v) is 3.07. The largest absolute Gasteiger partial charge is 0.449 e. The number of nitrogens with zero attached hydrogens (tertiary/aromatic N) is 1. The van der Waals surface area contributed by atoms with Gasteiger partial charge in [-0.3, -0.25) is 9.59 Å². The van der Waals surface area contributed by atoms with E-state index in [2.05, 4.69) is 0 Å². The lowest BCUT2D eigenvalue weighted by molar-refractivity contribution is -0.126. The average Bonchev–Trinajstić information content (AvgIpc) is 2.96. The molecule has 128 valence electrons. The second kappa shape index (κ2) is 6.89. The fraction of sp³-hybridized carbons (Fsp3) is 0.250. The van der Waals surface area contributed by atoms with E-state index in [-0.39, 0.29) is 11.9 Å². The maximum Gasteiger partial charge on any atom is 0.338 e. The maximum absolute atomic E-state index is 12.8. The summed E-state index contributed by atoms with van der Waals surface area (Å²) < 4.78 is 5.33. The number of hydrogen-bond donors (Lipinski definition) is 0. The summed E-state index contributed by atoms with van der Waals surface area (Å²) in [4.78, 5) is 37.4. The minimum atomic E-state index is -0.896. The van der Waals surface area contributed by atoms with Crippen molar-refractivity contribution in [3.8, 4) is 0 Å². The van der Waals surface area contributed by atoms with Gasteiger partial charge in [-0.25, -0.2) is 4.79 Å². The molecule has 0 fully saturated rings. The van der Waals surface area contributed by atoms with E-state index in [1.54, 1.807) is 11.8 Å². The van der Waals surface area contributed by atoms with E-state index >= 15 is 0 Å². The van der Waals surface area contributed by atoms with Crippen molar-refractivity contribution in [1.82, 2.24) is 0 Å². The molecule has 1 aliphatic heterocycles. The summed E-state index contributed by atoms with van der Waals surface area (Å²) in [6, 6.07) is 13.9. The summed E-state index contributed by atoms with van der Waals surface area (Å²) in [5, 5.41) is 0. The molecule has 0 unspecified atom stereocenters. The van der Waals surface area contributed by atoms with Crippen LogP contribution in [0.4, 0.5) is 5.69 Å². The Kier molecular flexibility index (Phi) is 4.65. The molecule has 5 nitrogen and oxygen atoms in total. The van der Waals surface area contributed by atoms with Crippen LogP contribution in [-0.2, 0) is 16.0 Å². The van der Waals surface area contributed by atoms with Gasteiger partial charge in [0.25, 0.3) is 5.91 Å². The van der Waals surface area contributed by atoms with Crippen LogP contribution in [0.2, 0.25) is 0 Å². The number of benzene rings is 2. The summed E-state index contributed by atoms with van der Waals surface area (Å²) in [5.41, 5.74) is 2.77. The summed E-state index contributed by atoms with van der Waals surface area (Å²) in [6.07, 6.45) is 0.593. The smallest absolute Gasteiger partial charge is 0.338 e. The number of carbonyl (C=O) groups is 3. The average molecular weight is 337 g/mol. The fourth-order valence-electron chi connectivity index (χ4n) is 3.07. The SMILES string of the molecule is C[C@@H]1Cc2ccccc2N1C(=O)[C@@H](C)OC(=O)c1ccc(C=O)cc1. The third-order valence-electron chi connectivity index (χ3n) is 4.36. The highest BCUT2D eigenvalue weighted by Gasteiger charge is 2.34. The molecule has 3 rings (SSSR count). The second-order valence-corrected chi connectivity index (χ2v) is 6.18. The van der Waals surface area contributed by atoms with E-state index in [4.69, 9.17) is 4.74 Å². The van der Waals surface area contributed by atoms with E-state index < -0.39 is 12.1 Å². The van der Waals surface area contributed by atoms with E-state index in [9.17, 15) is 14.4 Å². The van der Waals surface area contributed by atoms with Gasteiger partial charge >= 0.3 is 5.97 Å². The Labute approximate surface area is 146 Å². The molecule has 0 aliphatic carbocycles. The molecule has 0 saturated heterocycles. The van der Waals surface area contributed by atoms with Crippen LogP contribution in [0.25, 0.3) is 0 Å². The zero-order valence-electron chi connectivity index (χ0n) is 14.1. The number of amides is 1. The number of anilines is 1. The Morgan fingerprint density at radius 3 is 2.52 bits per heavy atom. The Hall–Kier alpha value is -2.95. The highest BCUT2D eigenvalue weighted by atomic mass is 16.5. The number of ether oxygens (including phenoxy) is 1. The van der Waals surface area contributed by atoms with Crippen LogP contribution >= 0.6 is 0 Å². The van der Waals surface area contributed by atoms with Crippen LogP contribution in [0, 0.1) is 0 Å². The van der Waals surface area contributed by atoms with Gasteiger partial charge in [-0.2, -0.15) is 0 Å². The van der Waals surface area contributed by atoms with Crippen molar-refractivity contribution >= 4 is 23.9 Å². The standard InChI is InChI=1S/C20H19NO4/c1-13-11-17-5-3-4-6-18(17)21(13)19(23)14(2)25-20(24)16-9-7-15(12-22)8-10-16/h3-10,12-14H,11H2,1-2H3/t13-,14-/m1/s1. The first-order valence-electron chi connectivity index (χ1n) is 8.18. The Morgan fingerprint density at radius 2 is 1.84 bits per heavy atom. The number of esters is 1. The normalized spacial score (nSPS) is 16.9. The van der Waals surface area contributed by atoms with Gasteiger partial charge in [-0.1, -0.05) is 30.3 Å². The molecular formula is C20H19NO4. The van der Waals surface area contributed by atoms with Crippen molar-refractivity contribution in [2.75, 3.05) is 4.90 Å². The summed E-state index contributed by atoms with van der Waals surface area (Å²) in [5.74, 6) is -0.825. The number of rotatable bonds is 4. The Morgan fingerprint density at radius 1 is 1.16 bits per heavy atom. The van der Waals surface area contributed by atoms with Crippen LogP contribution in [-0.4, -0.2) is 30.3 Å². The molecule has 1 heterocycles. The van der Waals surface area contributed by atoms with Crippen LogP contribution in [0.15, 0.2) is 48.5 Å². The maximum atomic E-state index is 12.8. The number of para-hydroxylation sites is 1. The number of aldehydes is 1. The molecule has 0 aromatic heterocycles. The van der Waals surface area contributed by atoms with Crippen LogP contribution in [0.1, 0.15) is 40.1 Å². The van der Waals surface area contributed by atoms with Crippen molar-refractivity contribution < 1.29 is 19.1 Å². The van der Waals surface area contributed by atoms with Crippen molar-refractivity contribution in [3.63, 3.8) is 0 Å². The van der Waals surface area contributed by atoms with Crippen LogP contribution in [0.3, 0.4) is 0 Å². The van der Waals surface area contributed by atoms with Gasteiger partial charge in [0.1, 0.15) is 6.29 Å². The predicted octanol–water partition coefficient (Wildman–Crippen LogP) is 3.02. The molecule has 1 amide bonds. The molecule has 2 atom stereocenters. The van der Waals surface area contributed by atoms with Crippen molar-refractivity contribution in [3.05, 3.63) is 65.2 Å². The molecule has 5 heteroatoms. The molecule has 2 aromatic carbocycles. The zero-order valence-corrected chi connectivity index (χ0v) is 14.1. The lowest BCUT2D eigenvalue weighted by atomic mass is 10.1. The second-order valence-electron chi connectivity index (χ2n) is 6.18. The van der Waals surface area contributed by atoms with Crippen LogP contribution in [0.5, 0.6) is 0 Å². The monoisotopic (exact) mass is 337 g/mol. The Balaban J connectivity index is 1.72. The Bertz CT molecular complexity index is 813. The lowest BCUT2D eigenvalue weighted by Crippen LogP contribution is -2.43. The molecule has 0 bridgehead atoms. The van der Waals surface area contributed by atoms with Crippen LogP contribution < -0.4 is 4.90 Å². The molecule has 0 N–H and O–H groups in total. The molecule has 0 saturated carbocycles. The van der Waals surface area contributed by atoms with Gasteiger partial charge in [-0.15, -0.1) is 0 Å². The first-order chi connectivity index (χ1) is 12.0. The van der Waals surface area contributed by atoms with Crippen molar-refractivity contribution in [2.24, 2.45) is 0 Å². The lowest BCUT2D eigenvalue weighted by Gasteiger charge is -2.25. The molecule has 1 aliphatic rings. The first-order valence-corrected chi connectivity index (χ1v) is 8.18.